The van der Waals surface area contributed by atoms with Gasteiger partial charge in [-0.05, 0) is 129 Å². The Bertz CT molecular complexity index is 2750. The first kappa shape index (κ1) is 60.8. The molecule has 10 heteroatoms. The van der Waals surface area contributed by atoms with E-state index in [0.29, 0.717) is 0 Å². The van der Waals surface area contributed by atoms with Gasteiger partial charge in [0.05, 0.1) is 31.8 Å². The summed E-state index contributed by atoms with van der Waals surface area (Å²) in [6, 6.07) is 129. The smallest absolute Gasteiger partial charge is 0.450 e. The molecule has 12 aromatic rings. The summed E-state index contributed by atoms with van der Waals surface area (Å²) in [5, 5.41) is 15.8. The molecule has 0 atom stereocenters. The molecule has 0 radical (unpaired) electrons. The Kier molecular flexibility index (Phi) is 24.8. The summed E-state index contributed by atoms with van der Waals surface area (Å²) >= 11 is 0. The van der Waals surface area contributed by atoms with Crippen LogP contribution in [0.25, 0.3) is 14.6 Å². The molecular weight excluding hydrogens is 1180 g/mol. The zero-order chi connectivity index (χ0) is 54.9. The maximum Gasteiger partial charge on any atom is 3.00 e. The van der Waals surface area contributed by atoms with Crippen molar-refractivity contribution in [1.82, 2.24) is 0 Å². The van der Waals surface area contributed by atoms with Crippen LogP contribution in [0.3, 0.4) is 0 Å². The zero-order valence-corrected chi connectivity index (χ0v) is 53.9. The van der Waals surface area contributed by atoms with Crippen LogP contribution in [0.2, 0.25) is 0 Å². The molecule has 0 unspecified atom stereocenters. The molecule has 12 rings (SSSR count). The van der Waals surface area contributed by atoms with Gasteiger partial charge < -0.3 is 14.6 Å². The van der Waals surface area contributed by atoms with Crippen LogP contribution in [0.5, 0.6) is 0 Å². The van der Waals surface area contributed by atoms with E-state index in [1.54, 1.807) is 0 Å². The van der Waals surface area contributed by atoms with E-state index in [0.717, 1.165) is 0 Å². The van der Waals surface area contributed by atoms with Crippen molar-refractivity contribution in [2.24, 2.45) is 0 Å². The van der Waals surface area contributed by atoms with E-state index >= 15 is 0 Å². The first-order chi connectivity index (χ1) is 40.2. The van der Waals surface area contributed by atoms with Gasteiger partial charge >= 0.3 is 32.7 Å². The Morgan fingerprint density at radius 2 is 0.268 bits per heavy atom. The van der Waals surface area contributed by atoms with Crippen molar-refractivity contribution in [3.05, 3.63) is 379 Å². The van der Waals surface area contributed by atoms with Crippen molar-refractivity contribution in [2.75, 3.05) is 0 Å². The van der Waals surface area contributed by atoms with Crippen LogP contribution in [0.15, 0.2) is 364 Å². The van der Waals surface area contributed by atoms with E-state index in [2.05, 4.69) is 364 Å². The average Bonchev–Trinajstić information content (AvgIpc) is 3.57. The molecule has 0 saturated carbocycles. The average molecular weight is 1250 g/mol. The van der Waals surface area contributed by atoms with Crippen LogP contribution in [-0.4, -0.2) is 0 Å². The maximum absolute atomic E-state index is 5.52. The monoisotopic (exact) mass is 1240 g/mol. The Balaban J connectivity index is 0.000000147. The van der Waals surface area contributed by atoms with Gasteiger partial charge in [-0.25, -0.2) is 0 Å². The van der Waals surface area contributed by atoms with Crippen LogP contribution in [0.4, 0.5) is 0 Å². The van der Waals surface area contributed by atoms with Gasteiger partial charge in [-0.1, -0.05) is 291 Å². The van der Waals surface area contributed by atoms with Gasteiger partial charge in [0.1, 0.15) is 0 Å². The van der Waals surface area contributed by atoms with E-state index in [1.165, 1.54) is 63.7 Å². The SMILES string of the molecule is [Y+3].c1ccc(P([N-][PH+](c2ccccc2)c2ccccc2)c2ccccc2)cc1.c1ccc(P([N-][PH+](c2ccccc2)c2ccccc2)c2ccccc2)cc1.c1ccc(P([N-][PH+](c2ccccc2)c2ccccc2)c2ccccc2)cc1. The number of nitrogens with zero attached hydrogens (tertiary/aromatic N) is 3. The molecule has 0 aliphatic carbocycles. The summed E-state index contributed by atoms with van der Waals surface area (Å²) in [6.07, 6.45) is 0. The van der Waals surface area contributed by atoms with Gasteiger partial charge in [0.25, 0.3) is 0 Å². The summed E-state index contributed by atoms with van der Waals surface area (Å²) in [6.45, 7) is 0. The van der Waals surface area contributed by atoms with E-state index in [4.69, 9.17) is 14.6 Å². The summed E-state index contributed by atoms with van der Waals surface area (Å²) in [5.41, 5.74) is 0. The molecule has 0 fully saturated rings. The molecule has 0 saturated heterocycles. The minimum atomic E-state index is -1.24. The Morgan fingerprint density at radius 1 is 0.159 bits per heavy atom. The summed E-state index contributed by atoms with van der Waals surface area (Å²) in [4.78, 5) is 16.6. The molecule has 12 aromatic carbocycles. The number of hydrogen-bond donors (Lipinski definition) is 0. The second-order valence-corrected chi connectivity index (χ2v) is 31.4. The Hall–Kier alpha value is -5.80. The van der Waals surface area contributed by atoms with Gasteiger partial charge in [0.15, 0.2) is 0 Å². The van der Waals surface area contributed by atoms with Crippen molar-refractivity contribution in [1.29, 1.82) is 0 Å². The van der Waals surface area contributed by atoms with Gasteiger partial charge in [-0.3, -0.25) is 0 Å². The van der Waals surface area contributed by atoms with Gasteiger partial charge in [-0.15, -0.1) is 24.2 Å². The predicted molar refractivity (Wildman–Crippen MR) is 369 cm³/mol. The molecule has 0 aromatic heterocycles. The second-order valence-electron chi connectivity index (χ2n) is 18.5. The third kappa shape index (κ3) is 17.6. The molecule has 396 valence electrons. The fourth-order valence-corrected chi connectivity index (χ4v) is 24.5. The molecule has 0 bridgehead atoms. The summed E-state index contributed by atoms with van der Waals surface area (Å²) in [7, 11) is -6.02. The van der Waals surface area contributed by atoms with Crippen LogP contribution in [0.1, 0.15) is 0 Å². The fraction of sp³-hybridized carbons (Fsp3) is 0. The summed E-state index contributed by atoms with van der Waals surface area (Å²) in [5.74, 6) is 0. The van der Waals surface area contributed by atoms with E-state index in [1.807, 2.05) is 0 Å². The minimum absolute atomic E-state index is 0. The number of hydrogen-bond acceptors (Lipinski definition) is 0. The van der Waals surface area contributed by atoms with Crippen molar-refractivity contribution in [3.8, 4) is 0 Å². The van der Waals surface area contributed by atoms with Crippen molar-refractivity contribution in [3.63, 3.8) is 0 Å². The maximum atomic E-state index is 5.52. The quantitative estimate of drug-likeness (QED) is 0.0769. The van der Waals surface area contributed by atoms with Gasteiger partial charge in [0.2, 0.25) is 0 Å². The van der Waals surface area contributed by atoms with Gasteiger partial charge in [-0.2, -0.15) is 0 Å². The van der Waals surface area contributed by atoms with Crippen LogP contribution in [-0.2, 0) is 32.7 Å². The standard InChI is InChI=1S/3C24H21NP2.Y/c3*1-5-13-21(14-6-1)26(22-15-7-2-8-16-22)25-27(23-17-9-3-10-18-23)24-19-11-4-12-20-24;/h3*1-20,26H;/q;;;+3. The van der Waals surface area contributed by atoms with Crippen LogP contribution < -0.4 is 63.7 Å². The molecule has 0 amide bonds. The largest absolute Gasteiger partial charge is 3.00 e. The Morgan fingerprint density at radius 3 is 0.390 bits per heavy atom. The third-order valence-corrected chi connectivity index (χ3v) is 27.7. The second kappa shape index (κ2) is 33.5. The molecule has 0 aliphatic heterocycles. The molecule has 0 spiro atoms. The van der Waals surface area contributed by atoms with Crippen molar-refractivity contribution < 1.29 is 32.7 Å². The van der Waals surface area contributed by atoms with Crippen molar-refractivity contribution in [2.45, 2.75) is 0 Å². The molecule has 0 aliphatic rings. The number of rotatable bonds is 18. The molecule has 0 N–H and O–H groups in total. The van der Waals surface area contributed by atoms with Crippen LogP contribution >= 0.6 is 48.4 Å². The first-order valence-corrected chi connectivity index (χ1v) is 35.3. The Labute approximate surface area is 518 Å². The predicted octanol–water partition coefficient (Wildman–Crippen LogP) is 15.6. The van der Waals surface area contributed by atoms with E-state index in [-0.39, 0.29) is 32.7 Å². The molecule has 3 nitrogen and oxygen atoms in total. The fourth-order valence-electron chi connectivity index (χ4n) is 8.93. The first-order valence-electron chi connectivity index (χ1n) is 27.0. The summed E-state index contributed by atoms with van der Waals surface area (Å²) < 4.78 is 0. The molecule has 82 heavy (non-hydrogen) atoms. The minimum Gasteiger partial charge on any atom is -0.450 e. The van der Waals surface area contributed by atoms with E-state index in [9.17, 15) is 0 Å². The topological polar surface area (TPSA) is 42.3 Å². The zero-order valence-electron chi connectivity index (χ0n) is 45.4. The molecular formula is C72H63N3P6Y+3. The normalized spacial score (nSPS) is 10.9. The molecule has 0 heterocycles. The number of benzene rings is 12. The van der Waals surface area contributed by atoms with E-state index < -0.39 is 48.4 Å². The third-order valence-electron chi connectivity index (χ3n) is 12.9. The van der Waals surface area contributed by atoms with Crippen molar-refractivity contribution >= 4 is 112 Å². The van der Waals surface area contributed by atoms with Gasteiger partial charge in [0, 0.05) is 0 Å². The van der Waals surface area contributed by atoms with Crippen LogP contribution in [0, 0.1) is 0 Å².